The van der Waals surface area contributed by atoms with Gasteiger partial charge in [-0.2, -0.15) is 0 Å². The number of nitrogens with zero attached hydrogens (tertiary/aromatic N) is 1. The van der Waals surface area contributed by atoms with Crippen molar-refractivity contribution in [2.75, 3.05) is 18.9 Å². The van der Waals surface area contributed by atoms with Gasteiger partial charge < -0.3 is 14.8 Å². The first kappa shape index (κ1) is 16.7. The molecule has 0 bridgehead atoms. The second-order valence-electron chi connectivity index (χ2n) is 5.35. The number of thiazole rings is 1. The van der Waals surface area contributed by atoms with Gasteiger partial charge in [-0.3, -0.25) is 4.57 Å². The fourth-order valence-corrected chi connectivity index (χ4v) is 5.37. The Morgan fingerprint density at radius 3 is 2.70 bits per heavy atom. The molecule has 1 aromatic carbocycles. The quantitative estimate of drug-likeness (QED) is 0.829. The third-order valence-electron chi connectivity index (χ3n) is 3.83. The molecule has 0 radical (unpaired) electrons. The Balaban J connectivity index is 2.12. The van der Waals surface area contributed by atoms with Gasteiger partial charge in [0.2, 0.25) is 0 Å². The number of aryl methyl sites for hydroxylation is 2. The van der Waals surface area contributed by atoms with Gasteiger partial charge in [-0.05, 0) is 50.8 Å². The maximum Gasteiger partial charge on any atom is 0.361 e. The van der Waals surface area contributed by atoms with Crippen molar-refractivity contribution in [3.05, 3.63) is 28.6 Å². The predicted molar refractivity (Wildman–Crippen MR) is 94.5 cm³/mol. The molecule has 0 aliphatic heterocycles. The zero-order chi connectivity index (χ0) is 16.4. The maximum absolute atomic E-state index is 13.0. The van der Waals surface area contributed by atoms with Crippen molar-refractivity contribution in [2.45, 2.75) is 33.1 Å². The minimum atomic E-state index is -3.29. The Kier molecular flexibility index (Phi) is 4.87. The van der Waals surface area contributed by atoms with Crippen LogP contribution in [0.25, 0.3) is 11.3 Å². The smallest absolute Gasteiger partial charge is 0.361 e. The maximum atomic E-state index is 13.0. The minimum absolute atomic E-state index is 0.337. The van der Waals surface area contributed by atoms with Gasteiger partial charge in [0.1, 0.15) is 0 Å². The van der Waals surface area contributed by atoms with Gasteiger partial charge in [-0.1, -0.05) is 6.07 Å². The summed E-state index contributed by atoms with van der Waals surface area (Å²) >= 11 is 1.54. The summed E-state index contributed by atoms with van der Waals surface area (Å²) in [6, 6.07) is 5.77. The van der Waals surface area contributed by atoms with Crippen LogP contribution in [0.1, 0.15) is 30.7 Å². The van der Waals surface area contributed by atoms with Gasteiger partial charge in [0, 0.05) is 10.4 Å². The van der Waals surface area contributed by atoms with Crippen LogP contribution in [0.5, 0.6) is 0 Å². The molecule has 1 aliphatic carbocycles. The van der Waals surface area contributed by atoms with E-state index in [9.17, 15) is 4.57 Å². The SMILES string of the molecule is CCOP(=O)(OCC)c1ccc2c(c1)-c1nc(N)sc1CCC2. The molecule has 0 amide bonds. The Labute approximate surface area is 140 Å². The molecule has 3 rings (SSSR count). The highest BCUT2D eigenvalue weighted by Crippen LogP contribution is 2.48. The molecule has 1 aliphatic rings. The summed E-state index contributed by atoms with van der Waals surface area (Å²) in [6.07, 6.45) is 3.02. The summed E-state index contributed by atoms with van der Waals surface area (Å²) in [6.45, 7) is 4.30. The third-order valence-corrected chi connectivity index (χ3v) is 6.88. The van der Waals surface area contributed by atoms with Gasteiger partial charge in [-0.15, -0.1) is 11.3 Å². The molecule has 0 saturated heterocycles. The van der Waals surface area contributed by atoms with E-state index in [0.717, 1.165) is 30.5 Å². The molecule has 1 heterocycles. The van der Waals surface area contributed by atoms with Crippen LogP contribution in [0.4, 0.5) is 5.13 Å². The first-order chi connectivity index (χ1) is 11.1. The summed E-state index contributed by atoms with van der Waals surface area (Å²) in [5, 5.41) is 1.16. The van der Waals surface area contributed by atoms with Crippen molar-refractivity contribution in [2.24, 2.45) is 0 Å². The number of hydrogen-bond acceptors (Lipinski definition) is 6. The van der Waals surface area contributed by atoms with E-state index in [0.29, 0.717) is 23.6 Å². The predicted octanol–water partition coefficient (Wildman–Crippen LogP) is 3.77. The van der Waals surface area contributed by atoms with Crippen molar-refractivity contribution in [3.8, 4) is 11.3 Å². The number of anilines is 1. The van der Waals surface area contributed by atoms with Gasteiger partial charge in [0.05, 0.1) is 24.2 Å². The van der Waals surface area contributed by atoms with Crippen molar-refractivity contribution >= 4 is 29.4 Å². The summed E-state index contributed by atoms with van der Waals surface area (Å²) in [5.74, 6) is 0. The number of rotatable bonds is 5. The van der Waals surface area contributed by atoms with Crippen LogP contribution in [0, 0.1) is 0 Å². The fourth-order valence-electron chi connectivity index (χ4n) is 2.89. The van der Waals surface area contributed by atoms with E-state index in [4.69, 9.17) is 14.8 Å². The highest BCUT2D eigenvalue weighted by atomic mass is 32.1. The molecule has 0 spiro atoms. The van der Waals surface area contributed by atoms with Crippen molar-refractivity contribution in [1.29, 1.82) is 0 Å². The molecule has 124 valence electrons. The standard InChI is InChI=1S/C16H21N2O3PS/c1-3-20-22(19,21-4-2)12-9-8-11-6-5-7-14-15(13(11)10-12)18-16(17)23-14/h8-10H,3-7H2,1-2H3,(H2,17,18). The molecule has 1 aromatic heterocycles. The molecule has 2 N–H and O–H groups in total. The molecular weight excluding hydrogens is 331 g/mol. The number of nitrogen functional groups attached to an aromatic ring is 1. The Morgan fingerprint density at radius 1 is 1.26 bits per heavy atom. The van der Waals surface area contributed by atoms with Gasteiger partial charge in [0.15, 0.2) is 5.13 Å². The van der Waals surface area contributed by atoms with E-state index in [2.05, 4.69) is 4.98 Å². The first-order valence-electron chi connectivity index (χ1n) is 7.85. The van der Waals surface area contributed by atoms with Crippen LogP contribution >= 0.6 is 18.9 Å². The number of benzene rings is 1. The number of aromatic nitrogens is 1. The lowest BCUT2D eigenvalue weighted by atomic mass is 10.0. The van der Waals surface area contributed by atoms with Crippen molar-refractivity contribution in [1.82, 2.24) is 4.98 Å². The van der Waals surface area contributed by atoms with E-state index >= 15 is 0 Å². The fraction of sp³-hybridized carbons (Fsp3) is 0.438. The normalized spacial score (nSPS) is 14.2. The van der Waals surface area contributed by atoms with Gasteiger partial charge in [-0.25, -0.2) is 4.98 Å². The number of hydrogen-bond donors (Lipinski definition) is 1. The number of nitrogens with two attached hydrogens (primary N) is 1. The summed E-state index contributed by atoms with van der Waals surface area (Å²) in [4.78, 5) is 5.69. The van der Waals surface area contributed by atoms with Crippen LogP contribution in [-0.2, 0) is 26.5 Å². The topological polar surface area (TPSA) is 74.4 Å². The molecule has 5 nitrogen and oxygen atoms in total. The summed E-state index contributed by atoms with van der Waals surface area (Å²) in [7, 11) is -3.29. The van der Waals surface area contributed by atoms with E-state index in [1.54, 1.807) is 0 Å². The minimum Gasteiger partial charge on any atom is -0.375 e. The van der Waals surface area contributed by atoms with E-state index < -0.39 is 7.60 Å². The zero-order valence-electron chi connectivity index (χ0n) is 13.4. The summed E-state index contributed by atoms with van der Waals surface area (Å²) < 4.78 is 23.9. The molecule has 0 saturated carbocycles. The lowest BCUT2D eigenvalue weighted by molar-refractivity contribution is 0.230. The van der Waals surface area contributed by atoms with Gasteiger partial charge >= 0.3 is 7.60 Å². The third kappa shape index (κ3) is 3.22. The molecular formula is C16H21N2O3PS. The molecule has 23 heavy (non-hydrogen) atoms. The van der Waals surface area contributed by atoms with Crippen LogP contribution in [0.3, 0.4) is 0 Å². The molecule has 2 aromatic rings. The average Bonchev–Trinajstić information content (AvgIpc) is 2.80. The first-order valence-corrected chi connectivity index (χ1v) is 10.2. The Morgan fingerprint density at radius 2 is 2.00 bits per heavy atom. The molecule has 0 atom stereocenters. The highest BCUT2D eigenvalue weighted by molar-refractivity contribution is 7.62. The Bertz CT molecular complexity index is 750. The monoisotopic (exact) mass is 352 g/mol. The average molecular weight is 352 g/mol. The van der Waals surface area contributed by atoms with E-state index in [1.807, 2.05) is 32.0 Å². The molecule has 0 unspecified atom stereocenters. The molecule has 7 heteroatoms. The second kappa shape index (κ2) is 6.73. The zero-order valence-corrected chi connectivity index (χ0v) is 15.1. The van der Waals surface area contributed by atoms with E-state index in [-0.39, 0.29) is 0 Å². The van der Waals surface area contributed by atoms with E-state index in [1.165, 1.54) is 21.8 Å². The molecule has 0 fully saturated rings. The highest BCUT2D eigenvalue weighted by Gasteiger charge is 2.29. The van der Waals surface area contributed by atoms with Gasteiger partial charge in [0.25, 0.3) is 0 Å². The largest absolute Gasteiger partial charge is 0.375 e. The van der Waals surface area contributed by atoms with Crippen LogP contribution < -0.4 is 11.0 Å². The van der Waals surface area contributed by atoms with Crippen LogP contribution in [-0.4, -0.2) is 18.2 Å². The van der Waals surface area contributed by atoms with Crippen LogP contribution in [0.15, 0.2) is 18.2 Å². The second-order valence-corrected chi connectivity index (χ2v) is 8.49. The Hall–Kier alpha value is -1.20. The summed E-state index contributed by atoms with van der Waals surface area (Å²) in [5.41, 5.74) is 9.02. The van der Waals surface area contributed by atoms with Crippen molar-refractivity contribution < 1.29 is 13.6 Å². The lowest BCUT2D eigenvalue weighted by Crippen LogP contribution is -2.12. The number of fused-ring (bicyclic) bond motifs is 3. The van der Waals surface area contributed by atoms with Crippen LogP contribution in [0.2, 0.25) is 0 Å². The van der Waals surface area contributed by atoms with Crippen molar-refractivity contribution in [3.63, 3.8) is 0 Å². The lowest BCUT2D eigenvalue weighted by Gasteiger charge is -2.18.